The van der Waals surface area contributed by atoms with Gasteiger partial charge in [0, 0.05) is 23.0 Å². The van der Waals surface area contributed by atoms with Gasteiger partial charge in [0.25, 0.3) is 5.91 Å². The molecule has 0 radical (unpaired) electrons. The first-order valence-electron chi connectivity index (χ1n) is 4.68. The largest absolute Gasteiger partial charge is 0.274 e. The number of benzene rings is 1. The van der Waals surface area contributed by atoms with E-state index < -0.39 is 11.7 Å². The number of carbonyl (C=O) groups excluding carboxylic acids is 2. The molecule has 0 aliphatic carbocycles. The van der Waals surface area contributed by atoms with Crippen LogP contribution in [0.25, 0.3) is 6.08 Å². The van der Waals surface area contributed by atoms with Gasteiger partial charge < -0.3 is 0 Å². The van der Waals surface area contributed by atoms with Crippen LogP contribution < -0.4 is 10.9 Å². The molecule has 0 unspecified atom stereocenters. The number of nitrogens with one attached hydrogen (secondary N) is 2. The third-order valence-electron chi connectivity index (χ3n) is 1.73. The first-order valence-corrected chi connectivity index (χ1v) is 5.48. The molecule has 90 valence electrons. The summed E-state index contributed by atoms with van der Waals surface area (Å²) in [5.74, 6) is -1.36. The molecule has 0 spiro atoms. The van der Waals surface area contributed by atoms with E-state index in [0.717, 1.165) is 6.08 Å². The Morgan fingerprint density at radius 3 is 2.71 bits per heavy atom. The van der Waals surface area contributed by atoms with Gasteiger partial charge in [0.05, 0.1) is 0 Å². The molecule has 6 heteroatoms. The Kier molecular flexibility index (Phi) is 4.84. The lowest BCUT2D eigenvalue weighted by Gasteiger charge is -2.01. The topological polar surface area (TPSA) is 58.2 Å². The van der Waals surface area contributed by atoms with Crippen molar-refractivity contribution in [1.82, 2.24) is 10.9 Å². The lowest BCUT2D eigenvalue weighted by Crippen LogP contribution is -2.39. The molecule has 0 heterocycles. The smallest absolute Gasteiger partial charge is 0.262 e. The van der Waals surface area contributed by atoms with Gasteiger partial charge in [-0.05, 0) is 24.3 Å². The van der Waals surface area contributed by atoms with Crippen LogP contribution in [0.1, 0.15) is 12.5 Å². The number of carbonyl (C=O) groups is 2. The molecule has 4 nitrogen and oxygen atoms in total. The van der Waals surface area contributed by atoms with E-state index in [1.54, 1.807) is 6.07 Å². The predicted molar refractivity (Wildman–Crippen MR) is 65.1 cm³/mol. The molecule has 1 aromatic carbocycles. The number of hydrogen-bond acceptors (Lipinski definition) is 2. The predicted octanol–water partition coefficient (Wildman–Crippen LogP) is 1.77. The van der Waals surface area contributed by atoms with Crippen molar-refractivity contribution in [2.24, 2.45) is 0 Å². The molecule has 0 aliphatic heterocycles. The zero-order valence-corrected chi connectivity index (χ0v) is 10.5. The summed E-state index contributed by atoms with van der Waals surface area (Å²) in [4.78, 5) is 21.7. The van der Waals surface area contributed by atoms with Crippen LogP contribution >= 0.6 is 15.9 Å². The molecular weight excluding hydrogens is 291 g/mol. The fourth-order valence-corrected chi connectivity index (χ4v) is 1.38. The Morgan fingerprint density at radius 2 is 2.06 bits per heavy atom. The quantitative estimate of drug-likeness (QED) is 0.646. The van der Waals surface area contributed by atoms with E-state index in [1.807, 2.05) is 0 Å². The highest BCUT2D eigenvalue weighted by atomic mass is 79.9. The molecule has 0 saturated heterocycles. The van der Waals surface area contributed by atoms with Crippen molar-refractivity contribution in [3.8, 4) is 0 Å². The van der Waals surface area contributed by atoms with Gasteiger partial charge in [0.15, 0.2) is 0 Å². The second kappa shape index (κ2) is 6.15. The standard InChI is InChI=1S/C11H10BrFN2O2/c1-7(16)14-15-11(17)5-2-8-6-9(12)3-4-10(8)13/h2-6H,1H3,(H,14,16)(H,15,17)/b5-2+. The zero-order valence-electron chi connectivity index (χ0n) is 8.96. The average molecular weight is 301 g/mol. The minimum atomic E-state index is -0.542. The normalized spacial score (nSPS) is 10.3. The lowest BCUT2D eigenvalue weighted by molar-refractivity contribution is -0.125. The molecule has 0 saturated carbocycles. The number of hydrazine groups is 1. The molecule has 2 N–H and O–H groups in total. The zero-order chi connectivity index (χ0) is 12.8. The van der Waals surface area contributed by atoms with Crippen molar-refractivity contribution in [2.75, 3.05) is 0 Å². The van der Waals surface area contributed by atoms with Crippen LogP contribution in [0.5, 0.6) is 0 Å². The Morgan fingerprint density at radius 1 is 1.35 bits per heavy atom. The first-order chi connectivity index (χ1) is 7.99. The molecule has 0 atom stereocenters. The number of hydrogen-bond donors (Lipinski definition) is 2. The second-order valence-electron chi connectivity index (χ2n) is 3.17. The number of halogens is 2. The van der Waals surface area contributed by atoms with Crippen molar-refractivity contribution < 1.29 is 14.0 Å². The fourth-order valence-electron chi connectivity index (χ4n) is 0.999. The summed E-state index contributed by atoms with van der Waals surface area (Å²) in [5, 5.41) is 0. The third kappa shape index (κ3) is 4.78. The fraction of sp³-hybridized carbons (Fsp3) is 0.0909. The monoisotopic (exact) mass is 300 g/mol. The van der Waals surface area contributed by atoms with Gasteiger partial charge >= 0.3 is 0 Å². The Labute approximate surface area is 106 Å². The van der Waals surface area contributed by atoms with E-state index in [1.165, 1.54) is 25.1 Å². The second-order valence-corrected chi connectivity index (χ2v) is 4.09. The van der Waals surface area contributed by atoms with E-state index in [-0.39, 0.29) is 11.5 Å². The molecule has 0 bridgehead atoms. The van der Waals surface area contributed by atoms with Crippen LogP contribution in [0.4, 0.5) is 4.39 Å². The highest BCUT2D eigenvalue weighted by Crippen LogP contribution is 2.16. The first kappa shape index (κ1) is 13.4. The Hall–Kier alpha value is -1.69. The third-order valence-corrected chi connectivity index (χ3v) is 2.23. The molecule has 0 aliphatic rings. The van der Waals surface area contributed by atoms with Gasteiger partial charge in [-0.2, -0.15) is 0 Å². The minimum Gasteiger partial charge on any atom is -0.274 e. The average Bonchev–Trinajstić information content (AvgIpc) is 2.27. The van der Waals surface area contributed by atoms with Gasteiger partial charge in [-0.15, -0.1) is 0 Å². The van der Waals surface area contributed by atoms with E-state index in [2.05, 4.69) is 26.8 Å². The highest BCUT2D eigenvalue weighted by molar-refractivity contribution is 9.10. The molecule has 0 fully saturated rings. The van der Waals surface area contributed by atoms with Crippen molar-refractivity contribution in [3.63, 3.8) is 0 Å². The number of rotatable bonds is 2. The maximum absolute atomic E-state index is 13.3. The van der Waals surface area contributed by atoms with Crippen LogP contribution in [0.15, 0.2) is 28.7 Å². The van der Waals surface area contributed by atoms with Gasteiger partial charge in [0.1, 0.15) is 5.82 Å². The van der Waals surface area contributed by atoms with E-state index >= 15 is 0 Å². The van der Waals surface area contributed by atoms with Crippen LogP contribution in [-0.2, 0) is 9.59 Å². The van der Waals surface area contributed by atoms with Crippen LogP contribution in [-0.4, -0.2) is 11.8 Å². The maximum Gasteiger partial charge on any atom is 0.262 e. The van der Waals surface area contributed by atoms with Crippen LogP contribution in [0, 0.1) is 5.82 Å². The maximum atomic E-state index is 13.3. The number of amides is 2. The van der Waals surface area contributed by atoms with Gasteiger partial charge in [0.2, 0.25) is 5.91 Å². The van der Waals surface area contributed by atoms with Gasteiger partial charge in [-0.3, -0.25) is 20.4 Å². The summed E-state index contributed by atoms with van der Waals surface area (Å²) in [5.41, 5.74) is 4.52. The summed E-state index contributed by atoms with van der Waals surface area (Å²) < 4.78 is 14.0. The van der Waals surface area contributed by atoms with Crippen LogP contribution in [0.3, 0.4) is 0 Å². The molecule has 2 amide bonds. The lowest BCUT2D eigenvalue weighted by atomic mass is 10.2. The Bertz CT molecular complexity index is 475. The highest BCUT2D eigenvalue weighted by Gasteiger charge is 2.00. The van der Waals surface area contributed by atoms with E-state index in [9.17, 15) is 14.0 Å². The van der Waals surface area contributed by atoms with Crippen molar-refractivity contribution >= 4 is 33.8 Å². The van der Waals surface area contributed by atoms with Gasteiger partial charge in [-0.25, -0.2) is 4.39 Å². The molecule has 1 aromatic rings. The molecular formula is C11H10BrFN2O2. The summed E-state index contributed by atoms with van der Waals surface area (Å²) in [6.07, 6.45) is 2.44. The molecule has 1 rings (SSSR count). The molecule has 0 aromatic heterocycles. The minimum absolute atomic E-state index is 0.275. The van der Waals surface area contributed by atoms with Gasteiger partial charge in [-0.1, -0.05) is 15.9 Å². The Balaban J connectivity index is 2.67. The van der Waals surface area contributed by atoms with E-state index in [4.69, 9.17) is 0 Å². The SMILES string of the molecule is CC(=O)NNC(=O)/C=C/c1cc(Br)ccc1F. The summed E-state index contributed by atoms with van der Waals surface area (Å²) >= 11 is 3.20. The van der Waals surface area contributed by atoms with E-state index in [0.29, 0.717) is 4.47 Å². The van der Waals surface area contributed by atoms with Crippen molar-refractivity contribution in [1.29, 1.82) is 0 Å². The molecule has 17 heavy (non-hydrogen) atoms. The summed E-state index contributed by atoms with van der Waals surface area (Å²) in [6.45, 7) is 1.26. The van der Waals surface area contributed by atoms with Crippen LogP contribution in [0.2, 0.25) is 0 Å². The van der Waals surface area contributed by atoms with Crippen molar-refractivity contribution in [2.45, 2.75) is 6.92 Å². The summed E-state index contributed by atoms with van der Waals surface area (Å²) in [7, 11) is 0. The summed E-state index contributed by atoms with van der Waals surface area (Å²) in [6, 6.07) is 4.39. The van der Waals surface area contributed by atoms with Crippen molar-refractivity contribution in [3.05, 3.63) is 40.1 Å².